The molecule has 2 aromatic rings. The highest BCUT2D eigenvalue weighted by Gasteiger charge is 2.32. The number of halogens is 2. The highest BCUT2D eigenvalue weighted by molar-refractivity contribution is 5.43. The van der Waals surface area contributed by atoms with Crippen LogP contribution in [0.5, 0.6) is 11.5 Å². The second kappa shape index (κ2) is 7.37. The predicted molar refractivity (Wildman–Crippen MR) is 89.7 cm³/mol. The first-order valence-corrected chi connectivity index (χ1v) is 8.09. The highest BCUT2D eigenvalue weighted by Crippen LogP contribution is 2.35. The summed E-state index contributed by atoms with van der Waals surface area (Å²) in [4.78, 5) is 2.05. The Hall–Kier alpha value is -2.18. The van der Waals surface area contributed by atoms with Gasteiger partial charge in [-0.2, -0.15) is 0 Å². The summed E-state index contributed by atoms with van der Waals surface area (Å²) in [6.45, 7) is 1.03. The van der Waals surface area contributed by atoms with Gasteiger partial charge in [-0.15, -0.1) is 0 Å². The van der Waals surface area contributed by atoms with Crippen molar-refractivity contribution < 1.29 is 23.4 Å². The Morgan fingerprint density at radius 3 is 2.48 bits per heavy atom. The molecule has 6 heteroatoms. The maximum absolute atomic E-state index is 13.6. The van der Waals surface area contributed by atoms with Gasteiger partial charge in [0, 0.05) is 19.1 Å². The van der Waals surface area contributed by atoms with Crippen molar-refractivity contribution in [1.82, 2.24) is 4.90 Å². The Morgan fingerprint density at radius 2 is 1.80 bits per heavy atom. The number of hydrogen-bond donors (Lipinski definition) is 1. The Labute approximate surface area is 145 Å². The molecule has 0 spiro atoms. The van der Waals surface area contributed by atoms with E-state index in [2.05, 4.69) is 4.90 Å². The van der Waals surface area contributed by atoms with E-state index in [0.29, 0.717) is 36.6 Å². The van der Waals surface area contributed by atoms with Gasteiger partial charge in [-0.25, -0.2) is 8.78 Å². The van der Waals surface area contributed by atoms with E-state index in [0.717, 1.165) is 11.6 Å². The molecule has 0 aliphatic carbocycles. The Kier molecular flexibility index (Phi) is 5.20. The lowest BCUT2D eigenvalue weighted by molar-refractivity contribution is 0.172. The van der Waals surface area contributed by atoms with Gasteiger partial charge in [0.25, 0.3) is 0 Å². The molecule has 4 nitrogen and oxygen atoms in total. The summed E-state index contributed by atoms with van der Waals surface area (Å²) in [7, 11) is 3.15. The fourth-order valence-corrected chi connectivity index (χ4v) is 3.33. The number of nitrogens with zero attached hydrogens (tertiary/aromatic N) is 1. The van der Waals surface area contributed by atoms with Crippen LogP contribution in [0.1, 0.15) is 23.6 Å². The minimum absolute atomic E-state index is 0.168. The fraction of sp³-hybridized carbons (Fsp3) is 0.368. The summed E-state index contributed by atoms with van der Waals surface area (Å²) in [6, 6.07) is 9.37. The van der Waals surface area contributed by atoms with Crippen LogP contribution in [-0.2, 0) is 6.54 Å². The van der Waals surface area contributed by atoms with Crippen LogP contribution < -0.4 is 9.47 Å². The molecule has 0 amide bonds. The molecule has 25 heavy (non-hydrogen) atoms. The number of rotatable bonds is 5. The molecule has 1 aliphatic rings. The van der Waals surface area contributed by atoms with Crippen LogP contribution in [-0.4, -0.2) is 36.9 Å². The molecule has 1 saturated heterocycles. The average molecular weight is 349 g/mol. The van der Waals surface area contributed by atoms with Gasteiger partial charge >= 0.3 is 0 Å². The topological polar surface area (TPSA) is 41.9 Å². The highest BCUT2D eigenvalue weighted by atomic mass is 19.2. The molecule has 0 unspecified atom stereocenters. The maximum atomic E-state index is 13.6. The van der Waals surface area contributed by atoms with Crippen molar-refractivity contribution in [2.75, 3.05) is 20.8 Å². The Morgan fingerprint density at radius 1 is 1.04 bits per heavy atom. The molecule has 3 rings (SSSR count). The predicted octanol–water partition coefficient (Wildman–Crippen LogP) is 3.29. The molecule has 0 bridgehead atoms. The molecule has 1 aliphatic heterocycles. The zero-order valence-electron chi connectivity index (χ0n) is 14.2. The smallest absolute Gasteiger partial charge is 0.161 e. The van der Waals surface area contributed by atoms with Crippen molar-refractivity contribution in [2.45, 2.75) is 25.1 Å². The third-order valence-electron chi connectivity index (χ3n) is 4.54. The van der Waals surface area contributed by atoms with Crippen LogP contribution in [0.15, 0.2) is 36.4 Å². The number of aliphatic hydroxyl groups is 1. The van der Waals surface area contributed by atoms with E-state index in [1.54, 1.807) is 20.3 Å². The molecule has 0 radical (unpaired) electrons. The number of benzene rings is 2. The van der Waals surface area contributed by atoms with Gasteiger partial charge < -0.3 is 14.6 Å². The van der Waals surface area contributed by atoms with Gasteiger partial charge in [-0.1, -0.05) is 12.1 Å². The van der Waals surface area contributed by atoms with Crippen molar-refractivity contribution in [3.63, 3.8) is 0 Å². The van der Waals surface area contributed by atoms with E-state index in [1.807, 2.05) is 18.2 Å². The standard InChI is InChI=1S/C19H21F2NO3/c1-24-18-6-3-12(7-19(18)25-2)10-22-11-14(23)9-17(22)13-4-5-15(20)16(21)8-13/h3-8,14,17,23H,9-11H2,1-2H3/t14-,17-/m1/s1. The number of ether oxygens (including phenoxy) is 2. The van der Waals surface area contributed by atoms with Crippen LogP contribution in [0.2, 0.25) is 0 Å². The quantitative estimate of drug-likeness (QED) is 0.899. The minimum atomic E-state index is -0.870. The zero-order chi connectivity index (χ0) is 18.0. The van der Waals surface area contributed by atoms with Crippen LogP contribution in [0, 0.1) is 11.6 Å². The molecular formula is C19H21F2NO3. The Bertz CT molecular complexity index is 753. The maximum Gasteiger partial charge on any atom is 0.161 e. The first kappa shape index (κ1) is 17.6. The first-order valence-electron chi connectivity index (χ1n) is 8.09. The number of likely N-dealkylation sites (tertiary alicyclic amines) is 1. The van der Waals surface area contributed by atoms with Gasteiger partial charge in [-0.05, 0) is 41.8 Å². The van der Waals surface area contributed by atoms with Crippen LogP contribution in [0.25, 0.3) is 0 Å². The lowest BCUT2D eigenvalue weighted by atomic mass is 10.0. The van der Waals surface area contributed by atoms with Crippen LogP contribution in [0.3, 0.4) is 0 Å². The van der Waals surface area contributed by atoms with E-state index >= 15 is 0 Å². The summed E-state index contributed by atoms with van der Waals surface area (Å²) in [5.74, 6) is -0.465. The Balaban J connectivity index is 1.83. The second-order valence-electron chi connectivity index (χ2n) is 6.20. The minimum Gasteiger partial charge on any atom is -0.493 e. The van der Waals surface area contributed by atoms with Crippen molar-refractivity contribution in [3.05, 3.63) is 59.2 Å². The first-order chi connectivity index (χ1) is 12.0. The number of methoxy groups -OCH3 is 2. The molecule has 1 N–H and O–H groups in total. The van der Waals surface area contributed by atoms with E-state index in [-0.39, 0.29) is 6.04 Å². The van der Waals surface area contributed by atoms with E-state index in [1.165, 1.54) is 6.07 Å². The molecule has 2 aromatic carbocycles. The molecular weight excluding hydrogens is 328 g/mol. The summed E-state index contributed by atoms with van der Waals surface area (Å²) < 4.78 is 37.3. The van der Waals surface area contributed by atoms with Gasteiger partial charge in [0.1, 0.15) is 0 Å². The third kappa shape index (κ3) is 3.75. The van der Waals surface area contributed by atoms with E-state index < -0.39 is 17.7 Å². The van der Waals surface area contributed by atoms with E-state index in [9.17, 15) is 13.9 Å². The lowest BCUT2D eigenvalue weighted by Crippen LogP contribution is -2.24. The van der Waals surface area contributed by atoms with Gasteiger partial charge in [0.05, 0.1) is 20.3 Å². The van der Waals surface area contributed by atoms with E-state index in [4.69, 9.17) is 9.47 Å². The summed E-state index contributed by atoms with van der Waals surface area (Å²) in [5.41, 5.74) is 1.65. The number of aliphatic hydroxyl groups excluding tert-OH is 1. The fourth-order valence-electron chi connectivity index (χ4n) is 3.33. The van der Waals surface area contributed by atoms with Gasteiger partial charge in [-0.3, -0.25) is 4.90 Å². The van der Waals surface area contributed by atoms with Crippen molar-refractivity contribution in [2.24, 2.45) is 0 Å². The largest absolute Gasteiger partial charge is 0.493 e. The second-order valence-corrected chi connectivity index (χ2v) is 6.20. The van der Waals surface area contributed by atoms with Gasteiger partial charge in [0.2, 0.25) is 0 Å². The number of β-amino-alcohol motifs (C(OH)–C–C–N with tert-alkyl or cyclic N) is 1. The van der Waals surface area contributed by atoms with Crippen molar-refractivity contribution in [3.8, 4) is 11.5 Å². The normalized spacial score (nSPS) is 20.7. The molecule has 1 heterocycles. The monoisotopic (exact) mass is 349 g/mol. The lowest BCUT2D eigenvalue weighted by Gasteiger charge is -2.25. The average Bonchev–Trinajstić information content (AvgIpc) is 2.97. The summed E-state index contributed by atoms with van der Waals surface area (Å²) in [5, 5.41) is 10.1. The zero-order valence-corrected chi connectivity index (χ0v) is 14.2. The molecule has 134 valence electrons. The molecule has 0 aromatic heterocycles. The van der Waals surface area contributed by atoms with Crippen molar-refractivity contribution >= 4 is 0 Å². The molecule has 0 saturated carbocycles. The number of hydrogen-bond acceptors (Lipinski definition) is 4. The van der Waals surface area contributed by atoms with Crippen LogP contribution in [0.4, 0.5) is 8.78 Å². The molecule has 2 atom stereocenters. The third-order valence-corrected chi connectivity index (χ3v) is 4.54. The van der Waals surface area contributed by atoms with Crippen molar-refractivity contribution in [1.29, 1.82) is 0 Å². The summed E-state index contributed by atoms with van der Waals surface area (Å²) >= 11 is 0. The summed E-state index contributed by atoms with van der Waals surface area (Å²) in [6.07, 6.45) is -0.0171. The van der Waals surface area contributed by atoms with Gasteiger partial charge in [0.15, 0.2) is 23.1 Å². The SMILES string of the molecule is COc1ccc(CN2C[C@H](O)C[C@@H]2c2ccc(F)c(F)c2)cc1OC. The molecule has 1 fully saturated rings. The van der Waals surface area contributed by atoms with Crippen LogP contribution >= 0.6 is 0 Å².